The second-order valence-corrected chi connectivity index (χ2v) is 8.15. The lowest BCUT2D eigenvalue weighted by Crippen LogP contribution is -2.48. The van der Waals surface area contributed by atoms with E-state index in [2.05, 4.69) is 20.6 Å². The largest absolute Gasteiger partial charge is 0.324 e. The molecule has 33 heavy (non-hydrogen) atoms. The van der Waals surface area contributed by atoms with Crippen molar-refractivity contribution in [1.29, 1.82) is 5.26 Å². The van der Waals surface area contributed by atoms with Gasteiger partial charge in [-0.05, 0) is 43.2 Å². The number of benzene rings is 1. The molecule has 0 atom stereocenters. The number of hydrogen-bond donors (Lipinski definition) is 2. The Morgan fingerprint density at radius 2 is 1.91 bits per heavy atom. The van der Waals surface area contributed by atoms with Gasteiger partial charge in [0.05, 0.1) is 6.54 Å². The van der Waals surface area contributed by atoms with Gasteiger partial charge in [-0.3, -0.25) is 14.2 Å². The normalized spacial score (nSPS) is 16.5. The Hall–Kier alpha value is -3.48. The molecule has 0 radical (unpaired) electrons. The number of pyridine rings is 1. The van der Waals surface area contributed by atoms with E-state index in [1.165, 1.54) is 0 Å². The van der Waals surface area contributed by atoms with Crippen LogP contribution in [0.25, 0.3) is 11.0 Å². The zero-order chi connectivity index (χ0) is 22.1. The van der Waals surface area contributed by atoms with Crippen LogP contribution in [0.1, 0.15) is 37.3 Å². The number of rotatable bonds is 4. The van der Waals surface area contributed by atoms with E-state index in [9.17, 15) is 14.9 Å². The number of fused-ring (bicyclic) bond motifs is 1. The number of nitriles is 1. The third-order valence-electron chi connectivity index (χ3n) is 6.11. The van der Waals surface area contributed by atoms with Crippen molar-refractivity contribution in [3.05, 3.63) is 52.4 Å². The summed E-state index contributed by atoms with van der Waals surface area (Å²) >= 11 is 0. The summed E-state index contributed by atoms with van der Waals surface area (Å²) in [5.74, 6) is 0.427. The lowest BCUT2D eigenvalue weighted by molar-refractivity contribution is -0.118. The molecule has 170 valence electrons. The fourth-order valence-corrected chi connectivity index (χ4v) is 4.49. The molecule has 1 aromatic carbocycles. The molecule has 2 fully saturated rings. The van der Waals surface area contributed by atoms with Gasteiger partial charge in [-0.2, -0.15) is 10.2 Å². The number of aromatic nitrogens is 3. The summed E-state index contributed by atoms with van der Waals surface area (Å²) in [4.78, 5) is 35.8. The van der Waals surface area contributed by atoms with E-state index in [1.54, 1.807) is 21.7 Å². The maximum Gasteiger partial charge on any atom is 0.270 e. The zero-order valence-corrected chi connectivity index (χ0v) is 18.8. The molecule has 2 aromatic heterocycles. The summed E-state index contributed by atoms with van der Waals surface area (Å²) < 4.78 is 1.67. The SMILES string of the molecule is Cl.N#Cc1cc2cnc(Nc3ccc(N4CCNCC4=O)cc3)nc2n(C2CCCC2)c1=O. The van der Waals surface area contributed by atoms with Gasteiger partial charge in [0, 0.05) is 42.1 Å². The molecule has 10 heteroatoms. The van der Waals surface area contributed by atoms with Crippen molar-refractivity contribution in [3.8, 4) is 6.07 Å². The topological polar surface area (TPSA) is 116 Å². The first kappa shape index (κ1) is 22.7. The van der Waals surface area contributed by atoms with E-state index in [0.717, 1.165) is 43.6 Å². The average molecular weight is 466 g/mol. The van der Waals surface area contributed by atoms with Gasteiger partial charge in [0.2, 0.25) is 11.9 Å². The van der Waals surface area contributed by atoms with Crippen molar-refractivity contribution in [2.75, 3.05) is 29.9 Å². The van der Waals surface area contributed by atoms with Gasteiger partial charge < -0.3 is 15.5 Å². The highest BCUT2D eigenvalue weighted by Gasteiger charge is 2.23. The van der Waals surface area contributed by atoms with E-state index in [-0.39, 0.29) is 35.5 Å². The van der Waals surface area contributed by atoms with Crippen LogP contribution in [0.2, 0.25) is 0 Å². The van der Waals surface area contributed by atoms with Gasteiger partial charge in [-0.25, -0.2) is 4.98 Å². The lowest BCUT2D eigenvalue weighted by Gasteiger charge is -2.27. The number of anilines is 3. The Morgan fingerprint density at radius 3 is 2.61 bits per heavy atom. The van der Waals surface area contributed by atoms with E-state index in [0.29, 0.717) is 30.1 Å². The Kier molecular flexibility index (Phi) is 6.58. The van der Waals surface area contributed by atoms with E-state index < -0.39 is 0 Å². The molecule has 3 heterocycles. The van der Waals surface area contributed by atoms with Crippen LogP contribution >= 0.6 is 12.4 Å². The molecule has 1 aliphatic heterocycles. The predicted octanol–water partition coefficient (Wildman–Crippen LogP) is 2.88. The molecule has 1 amide bonds. The summed E-state index contributed by atoms with van der Waals surface area (Å²) in [5, 5.41) is 16.3. The molecule has 9 nitrogen and oxygen atoms in total. The summed E-state index contributed by atoms with van der Waals surface area (Å²) in [7, 11) is 0. The highest BCUT2D eigenvalue weighted by Crippen LogP contribution is 2.31. The van der Waals surface area contributed by atoms with Crippen molar-refractivity contribution < 1.29 is 4.79 Å². The number of carbonyl (C=O) groups is 1. The minimum absolute atomic E-state index is 0. The number of amides is 1. The van der Waals surface area contributed by atoms with Crippen molar-refractivity contribution in [3.63, 3.8) is 0 Å². The molecule has 0 spiro atoms. The van der Waals surface area contributed by atoms with Crippen LogP contribution in [0, 0.1) is 11.3 Å². The quantitative estimate of drug-likeness (QED) is 0.608. The monoisotopic (exact) mass is 465 g/mol. The predicted molar refractivity (Wildman–Crippen MR) is 128 cm³/mol. The van der Waals surface area contributed by atoms with Crippen molar-refractivity contribution in [2.24, 2.45) is 0 Å². The molecule has 1 saturated heterocycles. The van der Waals surface area contributed by atoms with E-state index >= 15 is 0 Å². The number of carbonyl (C=O) groups excluding carboxylic acids is 1. The second kappa shape index (κ2) is 9.57. The number of nitrogens with zero attached hydrogens (tertiary/aromatic N) is 5. The Bertz CT molecular complexity index is 1280. The van der Waals surface area contributed by atoms with Crippen LogP contribution in [0.5, 0.6) is 0 Å². The summed E-state index contributed by atoms with van der Waals surface area (Å²) in [6.45, 7) is 1.76. The summed E-state index contributed by atoms with van der Waals surface area (Å²) in [6, 6.07) is 11.1. The Balaban J connectivity index is 0.00000259. The Labute approximate surface area is 196 Å². The molecular weight excluding hydrogens is 442 g/mol. The molecule has 2 aliphatic rings. The summed E-state index contributed by atoms with van der Waals surface area (Å²) in [6.07, 6.45) is 5.58. The van der Waals surface area contributed by atoms with E-state index in [4.69, 9.17) is 0 Å². The Morgan fingerprint density at radius 1 is 1.15 bits per heavy atom. The van der Waals surface area contributed by atoms with Crippen molar-refractivity contribution in [2.45, 2.75) is 31.7 Å². The first-order chi connectivity index (χ1) is 15.6. The van der Waals surface area contributed by atoms with Gasteiger partial charge in [0.1, 0.15) is 17.3 Å². The maximum absolute atomic E-state index is 12.9. The molecule has 5 rings (SSSR count). The smallest absolute Gasteiger partial charge is 0.270 e. The fourth-order valence-electron chi connectivity index (χ4n) is 4.49. The van der Waals surface area contributed by atoms with Gasteiger partial charge in [0.15, 0.2) is 0 Å². The average Bonchev–Trinajstić information content (AvgIpc) is 3.34. The number of nitrogens with one attached hydrogen (secondary N) is 2. The van der Waals surface area contributed by atoms with Gasteiger partial charge in [-0.1, -0.05) is 12.8 Å². The van der Waals surface area contributed by atoms with E-state index in [1.807, 2.05) is 30.3 Å². The molecule has 1 aliphatic carbocycles. The number of hydrogen-bond acceptors (Lipinski definition) is 7. The van der Waals surface area contributed by atoms with Crippen LogP contribution in [0.3, 0.4) is 0 Å². The third kappa shape index (κ3) is 4.40. The van der Waals surface area contributed by atoms with Crippen molar-refractivity contribution in [1.82, 2.24) is 19.9 Å². The minimum atomic E-state index is -0.290. The standard InChI is InChI=1S/C23H23N7O2.ClH/c24-12-15-11-16-13-26-23(28-21(16)30(22(15)32)19-3-1-2-4-19)27-17-5-7-18(8-6-17)29-10-9-25-14-20(29)31;/h5-8,11,13,19,25H,1-4,9-10,14H2,(H,26,27,28);1H. The van der Waals surface area contributed by atoms with Gasteiger partial charge in [0.25, 0.3) is 5.56 Å². The molecule has 2 N–H and O–H groups in total. The highest BCUT2D eigenvalue weighted by atomic mass is 35.5. The van der Waals surface area contributed by atoms with Crippen LogP contribution in [0.15, 0.2) is 41.3 Å². The highest BCUT2D eigenvalue weighted by molar-refractivity contribution is 5.95. The first-order valence-electron chi connectivity index (χ1n) is 10.8. The fraction of sp³-hybridized carbons (Fsp3) is 0.348. The maximum atomic E-state index is 12.9. The van der Waals surface area contributed by atoms with Gasteiger partial charge >= 0.3 is 0 Å². The molecule has 0 bridgehead atoms. The molecular formula is C23H24ClN7O2. The zero-order valence-electron chi connectivity index (χ0n) is 18.0. The molecule has 3 aromatic rings. The van der Waals surface area contributed by atoms with Gasteiger partial charge in [-0.15, -0.1) is 12.4 Å². The molecule has 0 unspecified atom stereocenters. The lowest BCUT2D eigenvalue weighted by atomic mass is 10.2. The van der Waals surface area contributed by atoms with Crippen LogP contribution in [-0.4, -0.2) is 40.1 Å². The molecule has 1 saturated carbocycles. The second-order valence-electron chi connectivity index (χ2n) is 8.15. The van der Waals surface area contributed by atoms with Crippen LogP contribution in [-0.2, 0) is 4.79 Å². The number of halogens is 1. The first-order valence-corrected chi connectivity index (χ1v) is 10.8. The third-order valence-corrected chi connectivity index (χ3v) is 6.11. The summed E-state index contributed by atoms with van der Waals surface area (Å²) in [5.41, 5.74) is 1.99. The minimum Gasteiger partial charge on any atom is -0.324 e. The van der Waals surface area contributed by atoms with Crippen molar-refractivity contribution >= 4 is 46.7 Å². The van der Waals surface area contributed by atoms with Crippen LogP contribution < -0.4 is 21.1 Å². The van der Waals surface area contributed by atoms with Crippen LogP contribution in [0.4, 0.5) is 17.3 Å². The number of piperazine rings is 1.